The van der Waals surface area contributed by atoms with E-state index in [1.807, 2.05) is 0 Å². The minimum atomic E-state index is -1.18. The third kappa shape index (κ3) is 2.66. The molecule has 1 aromatic carbocycles. The molecule has 0 aromatic heterocycles. The van der Waals surface area contributed by atoms with Crippen LogP contribution < -0.4 is 0 Å². The Morgan fingerprint density at radius 3 is 2.67 bits per heavy atom. The van der Waals surface area contributed by atoms with Crippen LogP contribution in [0.5, 0.6) is 0 Å². The standard InChI is InChI=1S/C9H8ClNO4/c10-4-3-6-1-2-7(9(12)13)5-8(6)11(14)15/h1-2,5H,3-4H2,(H,12,13). The molecular weight excluding hydrogens is 222 g/mol. The van der Waals surface area contributed by atoms with Crippen molar-refractivity contribution in [3.63, 3.8) is 0 Å². The van der Waals surface area contributed by atoms with E-state index in [1.54, 1.807) is 0 Å². The Kier molecular flexibility index (Phi) is 3.62. The SMILES string of the molecule is O=C(O)c1ccc(CCCl)c([N+](=O)[O-])c1. The van der Waals surface area contributed by atoms with Crippen molar-refractivity contribution >= 4 is 23.3 Å². The van der Waals surface area contributed by atoms with Gasteiger partial charge in [-0.2, -0.15) is 0 Å². The zero-order chi connectivity index (χ0) is 11.4. The van der Waals surface area contributed by atoms with Crippen LogP contribution in [0.1, 0.15) is 15.9 Å². The number of nitro benzene ring substituents is 1. The number of aryl methyl sites for hydroxylation is 1. The molecule has 0 spiro atoms. The van der Waals surface area contributed by atoms with Crippen LogP contribution in [-0.4, -0.2) is 21.9 Å². The number of benzene rings is 1. The molecule has 0 atom stereocenters. The van der Waals surface area contributed by atoms with Crippen LogP contribution in [0.2, 0.25) is 0 Å². The molecule has 15 heavy (non-hydrogen) atoms. The molecule has 0 aliphatic heterocycles. The second-order valence-electron chi connectivity index (χ2n) is 2.84. The molecule has 0 amide bonds. The van der Waals surface area contributed by atoms with Gasteiger partial charge < -0.3 is 5.11 Å². The molecule has 1 N–H and O–H groups in total. The number of carboxylic acids is 1. The van der Waals surface area contributed by atoms with Gasteiger partial charge in [0.2, 0.25) is 0 Å². The summed E-state index contributed by atoms with van der Waals surface area (Å²) in [5.41, 5.74) is 0.149. The van der Waals surface area contributed by atoms with Crippen LogP contribution in [0.4, 0.5) is 5.69 Å². The molecule has 1 aromatic rings. The first-order chi connectivity index (χ1) is 7.06. The van der Waals surface area contributed by atoms with Gasteiger partial charge in [0.25, 0.3) is 5.69 Å². The van der Waals surface area contributed by atoms with Gasteiger partial charge in [-0.25, -0.2) is 4.79 Å². The molecule has 0 bridgehead atoms. The zero-order valence-electron chi connectivity index (χ0n) is 7.64. The Morgan fingerprint density at radius 1 is 1.53 bits per heavy atom. The first-order valence-electron chi connectivity index (χ1n) is 4.13. The average molecular weight is 230 g/mol. The Balaban J connectivity index is 3.20. The van der Waals surface area contributed by atoms with Crippen LogP contribution in [0.25, 0.3) is 0 Å². The number of aromatic carboxylic acids is 1. The summed E-state index contributed by atoms with van der Waals surface area (Å²) >= 11 is 5.48. The molecule has 0 unspecified atom stereocenters. The average Bonchev–Trinajstić information content (AvgIpc) is 2.18. The summed E-state index contributed by atoms with van der Waals surface area (Å²) in [6.45, 7) is 0. The van der Waals surface area contributed by atoms with Gasteiger partial charge in [-0.1, -0.05) is 6.07 Å². The van der Waals surface area contributed by atoms with Gasteiger partial charge in [-0.15, -0.1) is 11.6 Å². The molecule has 0 saturated carbocycles. The summed E-state index contributed by atoms with van der Waals surface area (Å²) in [4.78, 5) is 20.6. The van der Waals surface area contributed by atoms with Crippen LogP contribution in [0, 0.1) is 10.1 Å². The highest BCUT2D eigenvalue weighted by molar-refractivity contribution is 6.18. The molecule has 6 heteroatoms. The van der Waals surface area contributed by atoms with Crippen molar-refractivity contribution in [1.29, 1.82) is 0 Å². The van der Waals surface area contributed by atoms with Crippen molar-refractivity contribution in [2.24, 2.45) is 0 Å². The fourth-order valence-corrected chi connectivity index (χ4v) is 1.38. The Labute approximate surface area is 90.4 Å². The van der Waals surface area contributed by atoms with Crippen LogP contribution in [0.3, 0.4) is 0 Å². The predicted molar refractivity (Wildman–Crippen MR) is 54.5 cm³/mol. The van der Waals surface area contributed by atoms with Crippen LogP contribution >= 0.6 is 11.6 Å². The predicted octanol–water partition coefficient (Wildman–Crippen LogP) is 2.07. The number of rotatable bonds is 4. The van der Waals surface area contributed by atoms with E-state index in [-0.39, 0.29) is 17.1 Å². The Bertz CT molecular complexity index is 405. The molecule has 0 fully saturated rings. The van der Waals surface area contributed by atoms with E-state index in [4.69, 9.17) is 16.7 Å². The van der Waals surface area contributed by atoms with E-state index in [9.17, 15) is 14.9 Å². The second-order valence-corrected chi connectivity index (χ2v) is 3.22. The molecule has 0 radical (unpaired) electrons. The van der Waals surface area contributed by atoms with Crippen molar-refractivity contribution < 1.29 is 14.8 Å². The number of hydrogen-bond acceptors (Lipinski definition) is 3. The van der Waals surface area contributed by atoms with Gasteiger partial charge in [0.15, 0.2) is 0 Å². The molecule has 5 nitrogen and oxygen atoms in total. The molecule has 0 saturated heterocycles. The largest absolute Gasteiger partial charge is 0.478 e. The highest BCUT2D eigenvalue weighted by atomic mass is 35.5. The Hall–Kier alpha value is -1.62. The van der Waals surface area contributed by atoms with Crippen molar-refractivity contribution in [3.8, 4) is 0 Å². The molecule has 0 heterocycles. The van der Waals surface area contributed by atoms with E-state index < -0.39 is 10.9 Å². The highest BCUT2D eigenvalue weighted by Gasteiger charge is 2.16. The van der Waals surface area contributed by atoms with Crippen molar-refractivity contribution in [1.82, 2.24) is 0 Å². The smallest absolute Gasteiger partial charge is 0.335 e. The van der Waals surface area contributed by atoms with E-state index in [0.717, 1.165) is 6.07 Å². The van der Waals surface area contributed by atoms with E-state index >= 15 is 0 Å². The molecule has 0 aliphatic rings. The topological polar surface area (TPSA) is 80.4 Å². The van der Waals surface area contributed by atoms with E-state index in [0.29, 0.717) is 12.0 Å². The first kappa shape index (κ1) is 11.5. The third-order valence-corrected chi connectivity index (χ3v) is 2.08. The lowest BCUT2D eigenvalue weighted by atomic mass is 10.1. The zero-order valence-corrected chi connectivity index (χ0v) is 8.40. The van der Waals surface area contributed by atoms with Crippen LogP contribution in [0.15, 0.2) is 18.2 Å². The van der Waals surface area contributed by atoms with Gasteiger partial charge in [0.05, 0.1) is 10.5 Å². The van der Waals surface area contributed by atoms with Crippen LogP contribution in [-0.2, 0) is 6.42 Å². The number of nitro groups is 1. The summed E-state index contributed by atoms with van der Waals surface area (Å²) in [6, 6.07) is 3.80. The number of alkyl halides is 1. The quantitative estimate of drug-likeness (QED) is 0.487. The summed E-state index contributed by atoms with van der Waals surface area (Å²) in [5, 5.41) is 19.3. The lowest BCUT2D eigenvalue weighted by Gasteiger charge is -2.01. The number of halogens is 1. The number of hydrogen-bond donors (Lipinski definition) is 1. The minimum absolute atomic E-state index is 0.0972. The lowest BCUT2D eigenvalue weighted by molar-refractivity contribution is -0.385. The maximum atomic E-state index is 10.6. The highest BCUT2D eigenvalue weighted by Crippen LogP contribution is 2.21. The van der Waals surface area contributed by atoms with E-state index in [2.05, 4.69) is 0 Å². The molecule has 0 aliphatic carbocycles. The molecule has 80 valence electrons. The van der Waals surface area contributed by atoms with Crippen molar-refractivity contribution in [2.75, 3.05) is 5.88 Å². The van der Waals surface area contributed by atoms with Gasteiger partial charge in [-0.05, 0) is 12.5 Å². The van der Waals surface area contributed by atoms with Gasteiger partial charge >= 0.3 is 5.97 Å². The lowest BCUT2D eigenvalue weighted by Crippen LogP contribution is -2.01. The summed E-state index contributed by atoms with van der Waals surface area (Å²) in [5.74, 6) is -0.928. The fraction of sp³-hybridized carbons (Fsp3) is 0.222. The number of carbonyl (C=O) groups is 1. The van der Waals surface area contributed by atoms with Gasteiger partial charge in [0, 0.05) is 17.5 Å². The number of carboxylic acid groups (broad SMARTS) is 1. The molecular formula is C9H8ClNO4. The second kappa shape index (κ2) is 4.75. The summed E-state index contributed by atoms with van der Waals surface area (Å²) < 4.78 is 0. The van der Waals surface area contributed by atoms with Gasteiger partial charge in [-0.3, -0.25) is 10.1 Å². The summed E-state index contributed by atoms with van der Waals surface area (Å²) in [7, 11) is 0. The fourth-order valence-electron chi connectivity index (χ4n) is 1.18. The molecule has 1 rings (SSSR count). The number of nitrogens with zero attached hydrogens (tertiary/aromatic N) is 1. The third-order valence-electron chi connectivity index (χ3n) is 1.89. The minimum Gasteiger partial charge on any atom is -0.478 e. The summed E-state index contributed by atoms with van der Waals surface area (Å²) in [6.07, 6.45) is 0.345. The monoisotopic (exact) mass is 229 g/mol. The first-order valence-corrected chi connectivity index (χ1v) is 4.66. The Morgan fingerprint density at radius 2 is 2.20 bits per heavy atom. The van der Waals surface area contributed by atoms with E-state index in [1.165, 1.54) is 12.1 Å². The van der Waals surface area contributed by atoms with Crippen molar-refractivity contribution in [3.05, 3.63) is 39.4 Å². The maximum absolute atomic E-state index is 10.6. The van der Waals surface area contributed by atoms with Gasteiger partial charge in [0.1, 0.15) is 0 Å². The normalized spacial score (nSPS) is 9.93. The van der Waals surface area contributed by atoms with Crippen molar-refractivity contribution in [2.45, 2.75) is 6.42 Å². The maximum Gasteiger partial charge on any atom is 0.335 e.